The van der Waals surface area contributed by atoms with Crippen molar-refractivity contribution in [1.82, 2.24) is 9.88 Å². The van der Waals surface area contributed by atoms with Crippen LogP contribution < -0.4 is 4.74 Å². The van der Waals surface area contributed by atoms with Crippen molar-refractivity contribution >= 4 is 5.91 Å². The Balaban J connectivity index is 2.57. The molecule has 0 unspecified atom stereocenters. The summed E-state index contributed by atoms with van der Waals surface area (Å²) in [6.07, 6.45) is 1.66. The molecular weight excluding hydrogens is 180 g/mol. The number of carbonyl (C=O) groups excluding carboxylic acids is 1. The lowest BCUT2D eigenvalue weighted by Gasteiger charge is -2.25. The molecule has 0 saturated heterocycles. The van der Waals surface area contributed by atoms with Crippen molar-refractivity contribution in [1.29, 1.82) is 0 Å². The Bertz CT molecular complexity index is 426. The predicted molar refractivity (Wildman–Crippen MR) is 50.8 cm³/mol. The molecule has 0 spiro atoms. The highest BCUT2D eigenvalue weighted by Gasteiger charge is 2.26. The highest BCUT2D eigenvalue weighted by Crippen LogP contribution is 2.26. The second-order valence-electron chi connectivity index (χ2n) is 3.23. The van der Waals surface area contributed by atoms with Crippen LogP contribution in [-0.2, 0) is 0 Å². The number of nitrogens with zero attached hydrogens (tertiary/aromatic N) is 2. The average molecular weight is 190 g/mol. The highest BCUT2D eigenvalue weighted by molar-refractivity contribution is 5.98. The minimum Gasteiger partial charge on any atom is -0.422 e. The number of aromatic nitrogens is 1. The van der Waals surface area contributed by atoms with Gasteiger partial charge in [0, 0.05) is 13.2 Å². The maximum absolute atomic E-state index is 11.7. The Hall–Kier alpha value is -1.84. The third-order valence-corrected chi connectivity index (χ3v) is 2.11. The van der Waals surface area contributed by atoms with Gasteiger partial charge >= 0.3 is 0 Å². The fourth-order valence-electron chi connectivity index (χ4n) is 1.27. The summed E-state index contributed by atoms with van der Waals surface area (Å²) in [4.78, 5) is 17.1. The van der Waals surface area contributed by atoms with Gasteiger partial charge in [0.05, 0.1) is 0 Å². The van der Waals surface area contributed by atoms with Crippen LogP contribution in [-0.4, -0.2) is 22.8 Å². The molecule has 14 heavy (non-hydrogen) atoms. The van der Waals surface area contributed by atoms with E-state index in [2.05, 4.69) is 11.6 Å². The number of amides is 1. The van der Waals surface area contributed by atoms with Gasteiger partial charge in [-0.05, 0) is 25.1 Å². The maximum Gasteiger partial charge on any atom is 0.265 e. The van der Waals surface area contributed by atoms with Crippen LogP contribution in [0.25, 0.3) is 0 Å². The Morgan fingerprint density at radius 1 is 1.57 bits per heavy atom. The molecule has 4 nitrogen and oxygen atoms in total. The Labute approximate surface area is 81.8 Å². The summed E-state index contributed by atoms with van der Waals surface area (Å²) in [6, 6.07) is 1.76. The SMILES string of the molecule is C=C1Oc2ncc(C)cc2C(=O)N1C. The van der Waals surface area contributed by atoms with Gasteiger partial charge in [-0.15, -0.1) is 0 Å². The Morgan fingerprint density at radius 3 is 3.00 bits per heavy atom. The fourth-order valence-corrected chi connectivity index (χ4v) is 1.27. The second kappa shape index (κ2) is 2.83. The summed E-state index contributed by atoms with van der Waals surface area (Å²) in [7, 11) is 1.62. The molecule has 0 bridgehead atoms. The number of hydrogen-bond acceptors (Lipinski definition) is 3. The van der Waals surface area contributed by atoms with Gasteiger partial charge in [0.1, 0.15) is 5.56 Å². The first-order chi connectivity index (χ1) is 6.59. The molecule has 0 N–H and O–H groups in total. The van der Waals surface area contributed by atoms with Gasteiger partial charge in [-0.3, -0.25) is 9.69 Å². The molecule has 0 aromatic carbocycles. The standard InChI is InChI=1S/C10H10N2O2/c1-6-4-8-9(11-5-6)14-7(2)12(3)10(8)13/h4-5H,2H2,1,3H3. The van der Waals surface area contributed by atoms with Crippen LogP contribution >= 0.6 is 0 Å². The lowest BCUT2D eigenvalue weighted by molar-refractivity contribution is 0.0738. The normalized spacial score (nSPS) is 15.1. The number of carbonyl (C=O) groups is 1. The van der Waals surface area contributed by atoms with Gasteiger partial charge in [0.2, 0.25) is 5.88 Å². The summed E-state index contributed by atoms with van der Waals surface area (Å²) in [5.41, 5.74) is 1.42. The van der Waals surface area contributed by atoms with Gasteiger partial charge < -0.3 is 4.74 Å². The Morgan fingerprint density at radius 2 is 2.29 bits per heavy atom. The molecule has 0 saturated carbocycles. The number of pyridine rings is 1. The monoisotopic (exact) mass is 190 g/mol. The summed E-state index contributed by atoms with van der Waals surface area (Å²) in [6.45, 7) is 5.49. The van der Waals surface area contributed by atoms with E-state index in [1.54, 1.807) is 19.3 Å². The van der Waals surface area contributed by atoms with Crippen LogP contribution in [0.3, 0.4) is 0 Å². The van der Waals surface area contributed by atoms with E-state index in [4.69, 9.17) is 4.74 Å². The second-order valence-corrected chi connectivity index (χ2v) is 3.23. The van der Waals surface area contributed by atoms with Crippen molar-refractivity contribution in [3.05, 3.63) is 35.9 Å². The van der Waals surface area contributed by atoms with Gasteiger partial charge in [0.15, 0.2) is 5.88 Å². The first-order valence-electron chi connectivity index (χ1n) is 4.21. The first kappa shape index (κ1) is 8.74. The summed E-state index contributed by atoms with van der Waals surface area (Å²) in [5, 5.41) is 0. The molecule has 1 aliphatic heterocycles. The summed E-state index contributed by atoms with van der Waals surface area (Å²) in [5.74, 6) is 0.509. The minimum absolute atomic E-state index is 0.132. The van der Waals surface area contributed by atoms with Crippen LogP contribution in [0.15, 0.2) is 24.7 Å². The minimum atomic E-state index is -0.132. The quantitative estimate of drug-likeness (QED) is 0.619. The van der Waals surface area contributed by atoms with Crippen molar-refractivity contribution in [2.45, 2.75) is 6.92 Å². The van der Waals surface area contributed by atoms with E-state index < -0.39 is 0 Å². The maximum atomic E-state index is 11.7. The lowest BCUT2D eigenvalue weighted by Crippen LogP contribution is -2.33. The van der Waals surface area contributed by atoms with E-state index in [0.29, 0.717) is 17.3 Å². The molecule has 2 heterocycles. The van der Waals surface area contributed by atoms with E-state index in [0.717, 1.165) is 5.56 Å². The first-order valence-corrected chi connectivity index (χ1v) is 4.21. The third-order valence-electron chi connectivity index (χ3n) is 2.11. The molecule has 72 valence electrons. The van der Waals surface area contributed by atoms with Crippen molar-refractivity contribution in [2.24, 2.45) is 0 Å². The molecule has 1 aromatic heterocycles. The van der Waals surface area contributed by atoms with Crippen molar-refractivity contribution in [3.8, 4) is 5.88 Å². The van der Waals surface area contributed by atoms with Gasteiger partial charge in [-0.1, -0.05) is 0 Å². The van der Waals surface area contributed by atoms with Crippen molar-refractivity contribution < 1.29 is 9.53 Å². The van der Waals surface area contributed by atoms with E-state index in [-0.39, 0.29) is 5.91 Å². The van der Waals surface area contributed by atoms with E-state index in [1.807, 2.05) is 6.92 Å². The molecule has 4 heteroatoms. The topological polar surface area (TPSA) is 42.4 Å². The molecule has 1 aliphatic rings. The molecular formula is C10H10N2O2. The van der Waals surface area contributed by atoms with Crippen LogP contribution in [0, 0.1) is 6.92 Å². The van der Waals surface area contributed by atoms with E-state index in [1.165, 1.54) is 4.90 Å². The molecule has 1 amide bonds. The van der Waals surface area contributed by atoms with Crippen LogP contribution in [0.5, 0.6) is 5.88 Å². The average Bonchev–Trinajstić information content (AvgIpc) is 2.16. The molecule has 2 rings (SSSR count). The third kappa shape index (κ3) is 1.16. The summed E-state index contributed by atoms with van der Waals surface area (Å²) >= 11 is 0. The zero-order valence-corrected chi connectivity index (χ0v) is 8.07. The number of hydrogen-bond donors (Lipinski definition) is 0. The molecule has 0 fully saturated rings. The number of ether oxygens (including phenoxy) is 1. The number of rotatable bonds is 0. The van der Waals surface area contributed by atoms with Gasteiger partial charge in [-0.25, -0.2) is 4.98 Å². The van der Waals surface area contributed by atoms with Crippen LogP contribution in [0.2, 0.25) is 0 Å². The fraction of sp³-hybridized carbons (Fsp3) is 0.200. The zero-order chi connectivity index (χ0) is 10.3. The largest absolute Gasteiger partial charge is 0.422 e. The summed E-state index contributed by atoms with van der Waals surface area (Å²) < 4.78 is 5.27. The predicted octanol–water partition coefficient (Wildman–Crippen LogP) is 1.33. The smallest absolute Gasteiger partial charge is 0.265 e. The molecule has 0 radical (unpaired) electrons. The lowest BCUT2D eigenvalue weighted by atomic mass is 10.2. The number of aryl methyl sites for hydroxylation is 1. The van der Waals surface area contributed by atoms with E-state index in [9.17, 15) is 4.79 Å². The highest BCUT2D eigenvalue weighted by atomic mass is 16.5. The van der Waals surface area contributed by atoms with Gasteiger partial charge in [-0.2, -0.15) is 0 Å². The number of fused-ring (bicyclic) bond motifs is 1. The zero-order valence-electron chi connectivity index (χ0n) is 8.07. The van der Waals surface area contributed by atoms with E-state index >= 15 is 0 Å². The Kier molecular flexibility index (Phi) is 1.77. The van der Waals surface area contributed by atoms with Crippen molar-refractivity contribution in [2.75, 3.05) is 7.05 Å². The molecule has 1 aromatic rings. The van der Waals surface area contributed by atoms with Crippen LogP contribution in [0.1, 0.15) is 15.9 Å². The molecule has 0 aliphatic carbocycles. The molecule has 0 atom stereocenters. The van der Waals surface area contributed by atoms with Crippen molar-refractivity contribution in [3.63, 3.8) is 0 Å². The van der Waals surface area contributed by atoms with Gasteiger partial charge in [0.25, 0.3) is 5.91 Å². The van der Waals surface area contributed by atoms with Crippen LogP contribution in [0.4, 0.5) is 0 Å².